The Morgan fingerprint density at radius 1 is 1.12 bits per heavy atom. The second-order valence-corrected chi connectivity index (χ2v) is 5.19. The number of fused-ring (bicyclic) bond motifs is 1. The van der Waals surface area contributed by atoms with Crippen molar-refractivity contribution in [2.24, 2.45) is 0 Å². The quantitative estimate of drug-likeness (QED) is 0.729. The summed E-state index contributed by atoms with van der Waals surface area (Å²) < 4.78 is 10.2. The van der Waals surface area contributed by atoms with Crippen molar-refractivity contribution in [2.45, 2.75) is 12.8 Å². The molecule has 0 aliphatic carbocycles. The summed E-state index contributed by atoms with van der Waals surface area (Å²) >= 11 is 0. The van der Waals surface area contributed by atoms with E-state index in [2.05, 4.69) is 15.0 Å². The molecule has 0 saturated carbocycles. The highest BCUT2D eigenvalue weighted by atomic mass is 16.5. The molecule has 3 aromatic rings. The molecule has 122 valence electrons. The van der Waals surface area contributed by atoms with Crippen LogP contribution in [-0.4, -0.2) is 24.0 Å². The van der Waals surface area contributed by atoms with Crippen LogP contribution in [0.15, 0.2) is 52.9 Å². The maximum atomic E-state index is 12.0. The number of hydrogen-bond donors (Lipinski definition) is 1. The van der Waals surface area contributed by atoms with Crippen LogP contribution in [0.3, 0.4) is 0 Å². The van der Waals surface area contributed by atoms with Gasteiger partial charge in [0.15, 0.2) is 11.5 Å². The third kappa shape index (κ3) is 3.60. The zero-order chi connectivity index (χ0) is 16.9. The van der Waals surface area contributed by atoms with E-state index in [0.29, 0.717) is 29.1 Å². The van der Waals surface area contributed by atoms with Crippen LogP contribution in [0, 0.1) is 0 Å². The number of aromatic nitrogens is 1. The number of carbonyl (C=O) groups excluding carboxylic acids is 2. The molecule has 1 aromatic heterocycles. The Bertz CT molecular complexity index is 835. The van der Waals surface area contributed by atoms with Crippen LogP contribution in [0.1, 0.15) is 22.7 Å². The summed E-state index contributed by atoms with van der Waals surface area (Å²) in [7, 11) is 1.32. The Kier molecular flexibility index (Phi) is 4.56. The van der Waals surface area contributed by atoms with Crippen LogP contribution in [0.25, 0.3) is 11.1 Å². The van der Waals surface area contributed by atoms with Crippen molar-refractivity contribution in [1.29, 1.82) is 0 Å². The minimum Gasteiger partial charge on any atom is -0.465 e. The van der Waals surface area contributed by atoms with Gasteiger partial charge in [0.1, 0.15) is 5.52 Å². The Morgan fingerprint density at radius 2 is 1.88 bits per heavy atom. The summed E-state index contributed by atoms with van der Waals surface area (Å²) in [5.41, 5.74) is 2.55. The zero-order valence-corrected chi connectivity index (χ0v) is 13.1. The molecule has 0 fully saturated rings. The van der Waals surface area contributed by atoms with Crippen molar-refractivity contribution >= 4 is 28.7 Å². The highest BCUT2D eigenvalue weighted by Gasteiger charge is 2.09. The highest BCUT2D eigenvalue weighted by Crippen LogP contribution is 2.16. The number of benzene rings is 2. The van der Waals surface area contributed by atoms with Crippen LogP contribution in [0.4, 0.5) is 5.69 Å². The molecular weight excluding hydrogens is 308 g/mol. The predicted octanol–water partition coefficient (Wildman–Crippen LogP) is 3.19. The van der Waals surface area contributed by atoms with E-state index in [4.69, 9.17) is 4.42 Å². The molecule has 2 aromatic carbocycles. The van der Waals surface area contributed by atoms with Crippen molar-refractivity contribution in [3.05, 3.63) is 60.0 Å². The average molecular weight is 324 g/mol. The third-order valence-corrected chi connectivity index (χ3v) is 3.49. The van der Waals surface area contributed by atoms with Crippen molar-refractivity contribution in [2.75, 3.05) is 12.4 Å². The standard InChI is InChI=1S/C18H16N2O4/c1-23-18(22)12-6-8-13(9-7-12)19-16(21)10-11-17-20-14-4-2-3-5-15(14)24-17/h2-9H,10-11H2,1H3,(H,19,21). The third-order valence-electron chi connectivity index (χ3n) is 3.49. The van der Waals surface area contributed by atoms with Crippen LogP contribution in [0.5, 0.6) is 0 Å². The second kappa shape index (κ2) is 6.95. The molecule has 1 amide bonds. The number of nitrogens with zero attached hydrogens (tertiary/aromatic N) is 1. The molecule has 1 heterocycles. The van der Waals surface area contributed by atoms with Gasteiger partial charge in [-0.3, -0.25) is 4.79 Å². The Hall–Kier alpha value is -3.15. The number of aryl methyl sites for hydroxylation is 1. The van der Waals surface area contributed by atoms with E-state index in [1.807, 2.05) is 24.3 Å². The number of para-hydroxylation sites is 2. The lowest BCUT2D eigenvalue weighted by molar-refractivity contribution is -0.116. The predicted molar refractivity (Wildman–Crippen MR) is 88.7 cm³/mol. The van der Waals surface area contributed by atoms with Crippen LogP contribution in [-0.2, 0) is 16.0 Å². The Morgan fingerprint density at radius 3 is 2.58 bits per heavy atom. The first-order chi connectivity index (χ1) is 11.7. The van der Waals surface area contributed by atoms with E-state index in [1.165, 1.54) is 7.11 Å². The number of nitrogens with one attached hydrogen (secondary N) is 1. The minimum atomic E-state index is -0.413. The number of hydrogen-bond acceptors (Lipinski definition) is 5. The van der Waals surface area contributed by atoms with Gasteiger partial charge < -0.3 is 14.5 Å². The lowest BCUT2D eigenvalue weighted by atomic mass is 10.2. The van der Waals surface area contributed by atoms with E-state index >= 15 is 0 Å². The zero-order valence-electron chi connectivity index (χ0n) is 13.1. The van der Waals surface area contributed by atoms with E-state index in [0.717, 1.165) is 5.52 Å². The molecule has 0 bridgehead atoms. The number of rotatable bonds is 5. The number of ether oxygens (including phenoxy) is 1. The lowest BCUT2D eigenvalue weighted by Gasteiger charge is -2.05. The molecule has 0 aliphatic rings. The Balaban J connectivity index is 1.56. The van der Waals surface area contributed by atoms with Gasteiger partial charge in [0, 0.05) is 18.5 Å². The van der Waals surface area contributed by atoms with E-state index in [9.17, 15) is 9.59 Å². The maximum absolute atomic E-state index is 12.0. The van der Waals surface area contributed by atoms with Crippen LogP contribution >= 0.6 is 0 Å². The monoisotopic (exact) mass is 324 g/mol. The molecule has 0 unspecified atom stereocenters. The summed E-state index contributed by atoms with van der Waals surface area (Å²) in [6.45, 7) is 0. The molecule has 6 nitrogen and oxygen atoms in total. The van der Waals surface area contributed by atoms with Gasteiger partial charge in [-0.05, 0) is 36.4 Å². The fourth-order valence-electron chi connectivity index (χ4n) is 2.28. The minimum absolute atomic E-state index is 0.150. The fraction of sp³-hybridized carbons (Fsp3) is 0.167. The Labute approximate surface area is 138 Å². The molecule has 0 atom stereocenters. The van der Waals surface area contributed by atoms with Gasteiger partial charge in [-0.1, -0.05) is 12.1 Å². The lowest BCUT2D eigenvalue weighted by Crippen LogP contribution is -2.12. The first kappa shape index (κ1) is 15.7. The van der Waals surface area contributed by atoms with Crippen LogP contribution in [0.2, 0.25) is 0 Å². The topological polar surface area (TPSA) is 81.4 Å². The van der Waals surface area contributed by atoms with E-state index < -0.39 is 5.97 Å². The number of methoxy groups -OCH3 is 1. The smallest absolute Gasteiger partial charge is 0.337 e. The van der Waals surface area contributed by atoms with Crippen molar-refractivity contribution < 1.29 is 18.7 Å². The fourth-order valence-corrected chi connectivity index (χ4v) is 2.28. The number of oxazole rings is 1. The second-order valence-electron chi connectivity index (χ2n) is 5.19. The number of carbonyl (C=O) groups is 2. The van der Waals surface area contributed by atoms with Crippen molar-refractivity contribution in [1.82, 2.24) is 4.98 Å². The molecule has 0 radical (unpaired) electrons. The van der Waals surface area contributed by atoms with Gasteiger partial charge in [-0.2, -0.15) is 0 Å². The molecular formula is C18H16N2O4. The van der Waals surface area contributed by atoms with E-state index in [1.54, 1.807) is 24.3 Å². The highest BCUT2D eigenvalue weighted by molar-refractivity contribution is 5.93. The molecule has 0 aliphatic heterocycles. The summed E-state index contributed by atoms with van der Waals surface area (Å²) in [5, 5.41) is 2.77. The van der Waals surface area contributed by atoms with Gasteiger partial charge in [0.05, 0.1) is 12.7 Å². The molecule has 0 spiro atoms. The summed E-state index contributed by atoms with van der Waals surface area (Å²) in [6.07, 6.45) is 0.673. The van der Waals surface area contributed by atoms with Gasteiger partial charge in [0.2, 0.25) is 5.91 Å². The first-order valence-electron chi connectivity index (χ1n) is 7.48. The SMILES string of the molecule is COC(=O)c1ccc(NC(=O)CCc2nc3ccccc3o2)cc1. The van der Waals surface area contributed by atoms with Gasteiger partial charge in [-0.25, -0.2) is 9.78 Å². The van der Waals surface area contributed by atoms with Gasteiger partial charge >= 0.3 is 5.97 Å². The number of esters is 1. The number of amides is 1. The molecule has 0 saturated heterocycles. The summed E-state index contributed by atoms with van der Waals surface area (Å²) in [6, 6.07) is 14.0. The van der Waals surface area contributed by atoms with Crippen molar-refractivity contribution in [3.63, 3.8) is 0 Å². The first-order valence-corrected chi connectivity index (χ1v) is 7.48. The van der Waals surface area contributed by atoms with Gasteiger partial charge in [-0.15, -0.1) is 0 Å². The summed E-state index contributed by atoms with van der Waals surface area (Å²) in [4.78, 5) is 27.7. The van der Waals surface area contributed by atoms with Crippen LogP contribution < -0.4 is 5.32 Å². The molecule has 1 N–H and O–H groups in total. The maximum Gasteiger partial charge on any atom is 0.337 e. The van der Waals surface area contributed by atoms with Crippen molar-refractivity contribution in [3.8, 4) is 0 Å². The van der Waals surface area contributed by atoms with Gasteiger partial charge in [0.25, 0.3) is 0 Å². The summed E-state index contributed by atoms with van der Waals surface area (Å²) in [5.74, 6) is -0.0284. The number of anilines is 1. The normalized spacial score (nSPS) is 10.5. The molecule has 6 heteroatoms. The van der Waals surface area contributed by atoms with E-state index in [-0.39, 0.29) is 12.3 Å². The molecule has 24 heavy (non-hydrogen) atoms. The average Bonchev–Trinajstić information content (AvgIpc) is 3.03. The largest absolute Gasteiger partial charge is 0.465 e. The molecule has 3 rings (SSSR count).